The van der Waals surface area contributed by atoms with Crippen molar-refractivity contribution in [3.05, 3.63) is 41.8 Å². The largest absolute Gasteiger partial charge is 0.351 e. The number of benzene rings is 1. The summed E-state index contributed by atoms with van der Waals surface area (Å²) < 4.78 is 14.6. The standard InChI is InChI=1S/C13H12FN3O/c14-10-4-2-9(3-5-10)11-8-12-13(18)15-6-1-7-17(12)16-11/h2-5,8H,1,6-7H2,(H,15,18). The maximum atomic E-state index is 12.9. The van der Waals surface area contributed by atoms with Crippen molar-refractivity contribution in [1.82, 2.24) is 15.1 Å². The number of aryl methyl sites for hydroxylation is 1. The van der Waals surface area contributed by atoms with Gasteiger partial charge in [0.15, 0.2) is 0 Å². The van der Waals surface area contributed by atoms with Gasteiger partial charge in [0.25, 0.3) is 5.91 Å². The van der Waals surface area contributed by atoms with Crippen molar-refractivity contribution >= 4 is 5.91 Å². The van der Waals surface area contributed by atoms with Crippen molar-refractivity contribution in [2.24, 2.45) is 0 Å². The molecule has 2 heterocycles. The molecule has 1 N–H and O–H groups in total. The number of carbonyl (C=O) groups is 1. The van der Waals surface area contributed by atoms with E-state index >= 15 is 0 Å². The summed E-state index contributed by atoms with van der Waals surface area (Å²) in [7, 11) is 0. The van der Waals surface area contributed by atoms with Gasteiger partial charge in [0.05, 0.1) is 5.69 Å². The molecule has 0 bridgehead atoms. The molecule has 0 spiro atoms. The van der Waals surface area contributed by atoms with Crippen LogP contribution in [-0.2, 0) is 6.54 Å². The minimum absolute atomic E-state index is 0.103. The average molecular weight is 245 g/mol. The number of nitrogens with zero attached hydrogens (tertiary/aromatic N) is 2. The number of carbonyl (C=O) groups excluding carboxylic acids is 1. The molecule has 0 atom stereocenters. The lowest BCUT2D eigenvalue weighted by atomic mass is 10.1. The highest BCUT2D eigenvalue weighted by molar-refractivity contribution is 5.93. The molecular weight excluding hydrogens is 233 g/mol. The maximum absolute atomic E-state index is 12.9. The van der Waals surface area contributed by atoms with Crippen molar-refractivity contribution < 1.29 is 9.18 Å². The zero-order valence-electron chi connectivity index (χ0n) is 9.69. The van der Waals surface area contributed by atoms with Gasteiger partial charge in [-0.25, -0.2) is 4.39 Å². The number of nitrogens with one attached hydrogen (secondary N) is 1. The van der Waals surface area contributed by atoms with Gasteiger partial charge in [-0.2, -0.15) is 5.10 Å². The molecule has 0 radical (unpaired) electrons. The van der Waals surface area contributed by atoms with Crippen LogP contribution in [0.4, 0.5) is 4.39 Å². The van der Waals surface area contributed by atoms with Crippen molar-refractivity contribution in [2.45, 2.75) is 13.0 Å². The minimum Gasteiger partial charge on any atom is -0.351 e. The van der Waals surface area contributed by atoms with Gasteiger partial charge in [-0.05, 0) is 36.8 Å². The van der Waals surface area contributed by atoms with Crippen LogP contribution in [0.2, 0.25) is 0 Å². The van der Waals surface area contributed by atoms with E-state index in [1.807, 2.05) is 0 Å². The van der Waals surface area contributed by atoms with E-state index in [-0.39, 0.29) is 11.7 Å². The van der Waals surface area contributed by atoms with Crippen LogP contribution in [0.3, 0.4) is 0 Å². The van der Waals surface area contributed by atoms with E-state index in [0.717, 1.165) is 18.5 Å². The van der Waals surface area contributed by atoms with E-state index in [1.54, 1.807) is 22.9 Å². The second kappa shape index (κ2) is 4.25. The molecule has 1 aliphatic heterocycles. The summed E-state index contributed by atoms with van der Waals surface area (Å²) in [5.41, 5.74) is 2.07. The predicted molar refractivity (Wildman–Crippen MR) is 64.6 cm³/mol. The van der Waals surface area contributed by atoms with Gasteiger partial charge in [-0.1, -0.05) is 0 Å². The number of amides is 1. The van der Waals surface area contributed by atoms with E-state index in [1.165, 1.54) is 12.1 Å². The predicted octanol–water partition coefficient (Wildman–Crippen LogP) is 1.82. The fourth-order valence-corrected chi connectivity index (χ4v) is 2.05. The van der Waals surface area contributed by atoms with Crippen LogP contribution in [0.25, 0.3) is 11.3 Å². The Morgan fingerprint density at radius 2 is 2.06 bits per heavy atom. The van der Waals surface area contributed by atoms with Crippen LogP contribution >= 0.6 is 0 Å². The molecule has 3 rings (SSSR count). The second-order valence-electron chi connectivity index (χ2n) is 4.25. The third-order valence-corrected chi connectivity index (χ3v) is 2.98. The zero-order valence-corrected chi connectivity index (χ0v) is 9.69. The Kier molecular flexibility index (Phi) is 2.59. The minimum atomic E-state index is -0.280. The van der Waals surface area contributed by atoms with Gasteiger partial charge in [0.1, 0.15) is 11.5 Å². The first-order chi connectivity index (χ1) is 8.74. The molecule has 92 valence electrons. The number of halogens is 1. The summed E-state index contributed by atoms with van der Waals surface area (Å²) in [6, 6.07) is 7.85. The highest BCUT2D eigenvalue weighted by atomic mass is 19.1. The second-order valence-corrected chi connectivity index (χ2v) is 4.25. The summed E-state index contributed by atoms with van der Waals surface area (Å²) in [5.74, 6) is -0.384. The quantitative estimate of drug-likeness (QED) is 0.833. The van der Waals surface area contributed by atoms with Gasteiger partial charge in [0.2, 0.25) is 0 Å². The SMILES string of the molecule is O=C1NCCCn2nc(-c3ccc(F)cc3)cc21. The molecule has 1 aliphatic rings. The Bertz CT molecular complexity index is 589. The van der Waals surface area contributed by atoms with Crippen LogP contribution in [-0.4, -0.2) is 22.2 Å². The number of hydrogen-bond acceptors (Lipinski definition) is 2. The van der Waals surface area contributed by atoms with E-state index < -0.39 is 0 Å². The van der Waals surface area contributed by atoms with E-state index in [9.17, 15) is 9.18 Å². The van der Waals surface area contributed by atoms with Crippen molar-refractivity contribution in [2.75, 3.05) is 6.54 Å². The lowest BCUT2D eigenvalue weighted by molar-refractivity contribution is 0.0950. The number of fused-ring (bicyclic) bond motifs is 1. The Morgan fingerprint density at radius 3 is 2.83 bits per heavy atom. The van der Waals surface area contributed by atoms with Gasteiger partial charge in [-0.3, -0.25) is 9.48 Å². The molecule has 1 aromatic carbocycles. The lowest BCUT2D eigenvalue weighted by Gasteiger charge is -1.98. The highest BCUT2D eigenvalue weighted by Gasteiger charge is 2.18. The fraction of sp³-hybridized carbons (Fsp3) is 0.231. The Morgan fingerprint density at radius 1 is 1.28 bits per heavy atom. The smallest absolute Gasteiger partial charge is 0.269 e. The molecule has 0 aliphatic carbocycles. The first-order valence-corrected chi connectivity index (χ1v) is 5.86. The summed E-state index contributed by atoms with van der Waals surface area (Å²) in [6.07, 6.45) is 0.864. The van der Waals surface area contributed by atoms with Crippen LogP contribution in [0.5, 0.6) is 0 Å². The molecule has 18 heavy (non-hydrogen) atoms. The van der Waals surface area contributed by atoms with E-state index in [2.05, 4.69) is 10.4 Å². The Balaban J connectivity index is 2.02. The zero-order chi connectivity index (χ0) is 12.5. The maximum Gasteiger partial charge on any atom is 0.269 e. The van der Waals surface area contributed by atoms with E-state index in [0.29, 0.717) is 17.9 Å². The molecule has 0 saturated heterocycles. The van der Waals surface area contributed by atoms with Gasteiger partial charge in [-0.15, -0.1) is 0 Å². The lowest BCUT2D eigenvalue weighted by Crippen LogP contribution is -2.22. The summed E-state index contributed by atoms with van der Waals surface area (Å²) in [6.45, 7) is 1.39. The number of rotatable bonds is 1. The molecule has 5 heteroatoms. The first kappa shape index (κ1) is 11.0. The third-order valence-electron chi connectivity index (χ3n) is 2.98. The third kappa shape index (κ3) is 1.88. The monoisotopic (exact) mass is 245 g/mol. The first-order valence-electron chi connectivity index (χ1n) is 5.86. The molecule has 1 amide bonds. The van der Waals surface area contributed by atoms with Crippen molar-refractivity contribution in [3.63, 3.8) is 0 Å². The topological polar surface area (TPSA) is 46.9 Å². The van der Waals surface area contributed by atoms with Crippen LogP contribution in [0, 0.1) is 5.82 Å². The van der Waals surface area contributed by atoms with Crippen LogP contribution in [0.1, 0.15) is 16.9 Å². The van der Waals surface area contributed by atoms with Crippen molar-refractivity contribution in [1.29, 1.82) is 0 Å². The average Bonchev–Trinajstić information content (AvgIpc) is 2.72. The van der Waals surface area contributed by atoms with Gasteiger partial charge >= 0.3 is 0 Å². The van der Waals surface area contributed by atoms with Gasteiger partial charge < -0.3 is 5.32 Å². The molecule has 0 saturated carbocycles. The Hall–Kier alpha value is -2.17. The molecule has 0 fully saturated rings. The van der Waals surface area contributed by atoms with Gasteiger partial charge in [0, 0.05) is 18.7 Å². The summed E-state index contributed by atoms with van der Waals surface area (Å²) >= 11 is 0. The molecule has 1 aromatic heterocycles. The molecule has 0 unspecified atom stereocenters. The normalized spacial score (nSPS) is 14.8. The highest BCUT2D eigenvalue weighted by Crippen LogP contribution is 2.20. The molecule has 4 nitrogen and oxygen atoms in total. The molecular formula is C13H12FN3O. The number of aromatic nitrogens is 2. The fourth-order valence-electron chi connectivity index (χ4n) is 2.05. The number of hydrogen-bond donors (Lipinski definition) is 1. The van der Waals surface area contributed by atoms with Crippen LogP contribution in [0.15, 0.2) is 30.3 Å². The molecule has 2 aromatic rings. The van der Waals surface area contributed by atoms with E-state index in [4.69, 9.17) is 0 Å². The Labute approximate surface area is 103 Å². The summed E-state index contributed by atoms with van der Waals surface area (Å²) in [4.78, 5) is 11.8. The summed E-state index contributed by atoms with van der Waals surface area (Å²) in [5, 5.41) is 7.21. The van der Waals surface area contributed by atoms with Crippen molar-refractivity contribution in [3.8, 4) is 11.3 Å². The van der Waals surface area contributed by atoms with Crippen LogP contribution < -0.4 is 5.32 Å².